The fraction of sp³-hybridized carbons (Fsp3) is 0.0500. The summed E-state index contributed by atoms with van der Waals surface area (Å²) in [4.78, 5) is 10.2. The van der Waals surface area contributed by atoms with Gasteiger partial charge in [0.2, 0.25) is 0 Å². The zero-order chi connectivity index (χ0) is 16.6. The van der Waals surface area contributed by atoms with Crippen LogP contribution in [0.1, 0.15) is 5.69 Å². The van der Waals surface area contributed by atoms with E-state index in [1.807, 2.05) is 79.4 Å². The summed E-state index contributed by atoms with van der Waals surface area (Å²) in [7, 11) is 0. The molecule has 0 saturated carbocycles. The standard InChI is InChI=1S/C11H8N.C9H9N3.Ir/c1-2-6-10(7-3-1)11-8-4-5-9-12-11;1-8-6-9(2-3-11-8)12-5-4-10-7-12;/h1-6,8-9H;3-7,10H,1H3;/q-1;-2;+3. The van der Waals surface area contributed by atoms with Crippen molar-refractivity contribution in [2.75, 3.05) is 4.90 Å². The minimum atomic E-state index is 0. The molecule has 4 nitrogen and oxygen atoms in total. The molecule has 1 aromatic carbocycles. The van der Waals surface area contributed by atoms with E-state index in [-0.39, 0.29) is 20.1 Å². The second-order valence-electron chi connectivity index (χ2n) is 5.08. The van der Waals surface area contributed by atoms with Gasteiger partial charge in [-0.15, -0.1) is 35.9 Å². The number of aryl methyl sites for hydroxylation is 1. The molecule has 1 aliphatic rings. The Bertz CT molecular complexity index is 754. The van der Waals surface area contributed by atoms with Crippen LogP contribution in [0.25, 0.3) is 11.3 Å². The summed E-state index contributed by atoms with van der Waals surface area (Å²) in [5, 5.41) is 2.97. The normalized spacial score (nSPS) is 11.8. The maximum Gasteiger partial charge on any atom is 3.00 e. The van der Waals surface area contributed by atoms with Gasteiger partial charge in [0.1, 0.15) is 0 Å². The van der Waals surface area contributed by atoms with Crippen LogP contribution in [0.2, 0.25) is 0 Å². The molecule has 0 aliphatic carbocycles. The molecular formula is C20H17IrN4. The van der Waals surface area contributed by atoms with E-state index in [1.54, 1.807) is 12.4 Å². The Morgan fingerprint density at radius 2 is 1.96 bits per heavy atom. The molecule has 0 fully saturated rings. The molecule has 3 aromatic rings. The average molecular weight is 506 g/mol. The van der Waals surface area contributed by atoms with Gasteiger partial charge in [-0.2, -0.15) is 18.4 Å². The largest absolute Gasteiger partial charge is 3.00 e. The van der Waals surface area contributed by atoms with Crippen LogP contribution < -0.4 is 10.2 Å². The number of benzene rings is 1. The molecule has 0 spiro atoms. The number of nitrogens with zero attached hydrogens (tertiary/aromatic N) is 3. The zero-order valence-corrected chi connectivity index (χ0v) is 16.1. The van der Waals surface area contributed by atoms with Gasteiger partial charge in [0, 0.05) is 6.20 Å². The first-order valence-electron chi connectivity index (χ1n) is 7.60. The third-order valence-electron chi connectivity index (χ3n) is 3.30. The molecule has 1 N–H and O–H groups in total. The molecule has 0 saturated heterocycles. The number of hydrogen-bond donors (Lipinski definition) is 1. The summed E-state index contributed by atoms with van der Waals surface area (Å²) in [6.45, 7) is 3.83. The van der Waals surface area contributed by atoms with Gasteiger partial charge in [-0.25, -0.2) is 6.07 Å². The maximum atomic E-state index is 4.22. The first kappa shape index (κ1) is 18.8. The molecule has 0 atom stereocenters. The molecule has 5 heteroatoms. The Balaban J connectivity index is 0.000000173. The van der Waals surface area contributed by atoms with E-state index in [0.29, 0.717) is 0 Å². The summed E-state index contributed by atoms with van der Waals surface area (Å²) in [5.74, 6) is 0. The van der Waals surface area contributed by atoms with E-state index < -0.39 is 0 Å². The van der Waals surface area contributed by atoms with E-state index in [9.17, 15) is 0 Å². The molecule has 0 unspecified atom stereocenters. The third kappa shape index (κ3) is 5.52. The first-order valence-corrected chi connectivity index (χ1v) is 7.60. The molecule has 25 heavy (non-hydrogen) atoms. The van der Waals surface area contributed by atoms with Gasteiger partial charge in [0.25, 0.3) is 0 Å². The molecule has 0 radical (unpaired) electrons. The summed E-state index contributed by atoms with van der Waals surface area (Å²) >= 11 is 0. The summed E-state index contributed by atoms with van der Waals surface area (Å²) in [6, 6.07) is 21.8. The minimum Gasteiger partial charge on any atom is -0.521 e. The first-order chi connectivity index (χ1) is 11.8. The van der Waals surface area contributed by atoms with E-state index in [2.05, 4.69) is 27.4 Å². The van der Waals surface area contributed by atoms with E-state index in [1.165, 1.54) is 0 Å². The smallest absolute Gasteiger partial charge is 0.521 e. The fourth-order valence-corrected chi connectivity index (χ4v) is 2.14. The predicted molar refractivity (Wildman–Crippen MR) is 95.4 cm³/mol. The number of hydrogen-bond acceptors (Lipinski definition) is 4. The Morgan fingerprint density at radius 3 is 2.60 bits per heavy atom. The molecule has 4 rings (SSSR count). The zero-order valence-electron chi connectivity index (χ0n) is 13.7. The molecule has 0 amide bonds. The summed E-state index contributed by atoms with van der Waals surface area (Å²) in [6.07, 6.45) is 7.27. The average Bonchev–Trinajstić information content (AvgIpc) is 3.19. The van der Waals surface area contributed by atoms with Gasteiger partial charge < -0.3 is 20.2 Å². The quantitative estimate of drug-likeness (QED) is 0.539. The van der Waals surface area contributed by atoms with Crippen molar-refractivity contribution in [1.82, 2.24) is 15.3 Å². The van der Waals surface area contributed by atoms with Crippen LogP contribution in [0.4, 0.5) is 5.69 Å². The van der Waals surface area contributed by atoms with Gasteiger partial charge in [0.15, 0.2) is 0 Å². The fourth-order valence-electron chi connectivity index (χ4n) is 2.14. The minimum absolute atomic E-state index is 0. The van der Waals surface area contributed by atoms with Crippen molar-refractivity contribution in [3.8, 4) is 11.3 Å². The number of anilines is 1. The van der Waals surface area contributed by atoms with Crippen LogP contribution in [-0.2, 0) is 20.1 Å². The second kappa shape index (κ2) is 9.72. The van der Waals surface area contributed by atoms with Crippen LogP contribution in [0, 0.1) is 25.7 Å². The Kier molecular flexibility index (Phi) is 7.33. The van der Waals surface area contributed by atoms with Gasteiger partial charge >= 0.3 is 20.1 Å². The van der Waals surface area contributed by atoms with Crippen molar-refractivity contribution in [2.24, 2.45) is 0 Å². The number of pyridine rings is 2. The Labute approximate surface area is 162 Å². The van der Waals surface area contributed by atoms with Crippen molar-refractivity contribution in [1.29, 1.82) is 0 Å². The Morgan fingerprint density at radius 1 is 1.08 bits per heavy atom. The van der Waals surface area contributed by atoms with E-state index in [0.717, 1.165) is 22.6 Å². The number of aromatic nitrogens is 2. The van der Waals surface area contributed by atoms with Gasteiger partial charge in [-0.1, -0.05) is 18.3 Å². The molecular weight excluding hydrogens is 488 g/mol. The van der Waals surface area contributed by atoms with Crippen molar-refractivity contribution >= 4 is 5.69 Å². The van der Waals surface area contributed by atoms with Gasteiger partial charge in [-0.05, 0) is 36.8 Å². The van der Waals surface area contributed by atoms with Crippen molar-refractivity contribution in [3.63, 3.8) is 0 Å². The maximum absolute atomic E-state index is 4.22. The summed E-state index contributed by atoms with van der Waals surface area (Å²) in [5.41, 5.74) is 4.01. The summed E-state index contributed by atoms with van der Waals surface area (Å²) < 4.78 is 0. The Hall–Kier alpha value is -2.49. The van der Waals surface area contributed by atoms with Gasteiger partial charge in [0.05, 0.1) is 0 Å². The van der Waals surface area contributed by atoms with Crippen molar-refractivity contribution in [3.05, 3.63) is 97.8 Å². The van der Waals surface area contributed by atoms with E-state index in [4.69, 9.17) is 0 Å². The van der Waals surface area contributed by atoms with E-state index >= 15 is 0 Å². The SMILES string of the molecule is Cc1cc(N2C=CN[CH-]2)[c-]cn1.[Ir+3].[c-]1ccccc1-c1ccccn1. The molecule has 126 valence electrons. The van der Waals surface area contributed by atoms with Crippen LogP contribution in [-0.4, -0.2) is 9.97 Å². The van der Waals surface area contributed by atoms with Crippen LogP contribution in [0.15, 0.2) is 73.3 Å². The topological polar surface area (TPSA) is 41.0 Å². The number of rotatable bonds is 2. The third-order valence-corrected chi connectivity index (χ3v) is 3.30. The van der Waals surface area contributed by atoms with Crippen LogP contribution >= 0.6 is 0 Å². The molecule has 2 aromatic heterocycles. The van der Waals surface area contributed by atoms with Crippen molar-refractivity contribution < 1.29 is 20.1 Å². The van der Waals surface area contributed by atoms with Crippen LogP contribution in [0.5, 0.6) is 0 Å². The molecule has 0 bridgehead atoms. The monoisotopic (exact) mass is 506 g/mol. The molecule has 1 aliphatic heterocycles. The van der Waals surface area contributed by atoms with Gasteiger partial charge in [-0.3, -0.25) is 0 Å². The van der Waals surface area contributed by atoms with Crippen molar-refractivity contribution in [2.45, 2.75) is 6.92 Å². The second-order valence-corrected chi connectivity index (χ2v) is 5.08. The van der Waals surface area contributed by atoms with Crippen LogP contribution in [0.3, 0.4) is 0 Å². The number of nitrogens with one attached hydrogen (secondary N) is 1. The predicted octanol–water partition coefficient (Wildman–Crippen LogP) is 3.74. The molecule has 3 heterocycles.